The van der Waals surface area contributed by atoms with E-state index in [1.54, 1.807) is 24.3 Å². The molecule has 0 radical (unpaired) electrons. The molecular weight excluding hydrogens is 366 g/mol. The smallest absolute Gasteiger partial charge is 0.254 e. The van der Waals surface area contributed by atoms with Gasteiger partial charge in [0.2, 0.25) is 16.9 Å². The highest BCUT2D eigenvalue weighted by atomic mass is 32.1. The van der Waals surface area contributed by atoms with Crippen LogP contribution < -0.4 is 16.0 Å². The molecule has 1 aliphatic rings. The fraction of sp³-hybridized carbons (Fsp3) is 0.389. The van der Waals surface area contributed by atoms with E-state index in [2.05, 4.69) is 33.1 Å². The summed E-state index contributed by atoms with van der Waals surface area (Å²) in [7, 11) is 0. The Morgan fingerprint density at radius 3 is 2.89 bits per heavy atom. The molecule has 1 atom stereocenters. The number of carbonyl (C=O) groups excluding carboxylic acids is 3. The predicted octanol–water partition coefficient (Wildman–Crippen LogP) is 2.35. The Morgan fingerprint density at radius 1 is 1.26 bits per heavy atom. The van der Waals surface area contributed by atoms with Crippen molar-refractivity contribution in [1.29, 1.82) is 0 Å². The number of carbonyl (C=O) groups is 3. The second-order valence-electron chi connectivity index (χ2n) is 6.25. The average molecular weight is 387 g/mol. The molecule has 2 heterocycles. The van der Waals surface area contributed by atoms with Gasteiger partial charge in [-0.1, -0.05) is 36.8 Å². The van der Waals surface area contributed by atoms with E-state index in [1.807, 2.05) is 0 Å². The summed E-state index contributed by atoms with van der Waals surface area (Å²) in [5.74, 6) is -0.935. The summed E-state index contributed by atoms with van der Waals surface area (Å²) in [6.07, 6.45) is 3.22. The van der Waals surface area contributed by atoms with E-state index in [9.17, 15) is 14.4 Å². The van der Waals surface area contributed by atoms with Crippen LogP contribution in [0.1, 0.15) is 48.0 Å². The predicted molar refractivity (Wildman–Crippen MR) is 103 cm³/mol. The number of hydrogen-bond acceptors (Lipinski definition) is 6. The largest absolute Gasteiger partial charge is 0.340 e. The normalized spacial score (nSPS) is 16.1. The number of hydrogen-bond donors (Lipinski definition) is 3. The van der Waals surface area contributed by atoms with E-state index in [0.717, 1.165) is 24.3 Å². The summed E-state index contributed by atoms with van der Waals surface area (Å²) in [5.41, 5.74) is 0.881. The van der Waals surface area contributed by atoms with Gasteiger partial charge in [0.05, 0.1) is 11.3 Å². The van der Waals surface area contributed by atoms with Crippen molar-refractivity contribution in [2.24, 2.45) is 0 Å². The highest BCUT2D eigenvalue weighted by Gasteiger charge is 2.27. The Balaban J connectivity index is 1.53. The minimum Gasteiger partial charge on any atom is -0.340 e. The van der Waals surface area contributed by atoms with E-state index in [4.69, 9.17) is 0 Å². The van der Waals surface area contributed by atoms with E-state index in [0.29, 0.717) is 16.4 Å². The maximum absolute atomic E-state index is 12.3. The summed E-state index contributed by atoms with van der Waals surface area (Å²) in [4.78, 5) is 36.7. The average Bonchev–Trinajstić information content (AvgIpc) is 3.05. The maximum Gasteiger partial charge on any atom is 0.254 e. The van der Waals surface area contributed by atoms with Gasteiger partial charge in [-0.25, -0.2) is 0 Å². The molecule has 0 spiro atoms. The zero-order chi connectivity index (χ0) is 19.2. The quantitative estimate of drug-likeness (QED) is 0.675. The van der Waals surface area contributed by atoms with Gasteiger partial charge >= 0.3 is 0 Å². The zero-order valence-electron chi connectivity index (χ0n) is 14.9. The zero-order valence-corrected chi connectivity index (χ0v) is 15.8. The van der Waals surface area contributed by atoms with Gasteiger partial charge in [-0.05, 0) is 25.0 Å². The summed E-state index contributed by atoms with van der Waals surface area (Å²) >= 11 is 1.36. The standard InChI is InChI=1S/C18H21N5O3S/c1-2-3-8-15-22-23-18(27-15)21-14(24)10-9-13-17(26)19-12-7-5-4-6-11(12)16(25)20-13/h4-7,13H,2-3,8-10H2,1H3,(H,19,26)(H,20,25)(H,21,23,24)/t13-/m0/s1. The van der Waals surface area contributed by atoms with Crippen LogP contribution in [0.2, 0.25) is 0 Å². The molecule has 0 fully saturated rings. The molecule has 0 saturated heterocycles. The molecule has 0 saturated carbocycles. The topological polar surface area (TPSA) is 113 Å². The lowest BCUT2D eigenvalue weighted by atomic mass is 10.1. The van der Waals surface area contributed by atoms with E-state index in [1.165, 1.54) is 11.3 Å². The number of amides is 3. The van der Waals surface area contributed by atoms with Gasteiger partial charge in [0.1, 0.15) is 11.0 Å². The molecule has 1 aromatic carbocycles. The lowest BCUT2D eigenvalue weighted by Gasteiger charge is -2.13. The molecule has 0 unspecified atom stereocenters. The van der Waals surface area contributed by atoms with Gasteiger partial charge in [-0.3, -0.25) is 14.4 Å². The molecule has 2 aromatic rings. The number of nitrogens with zero attached hydrogens (tertiary/aromatic N) is 2. The Bertz CT molecular complexity index is 851. The highest BCUT2D eigenvalue weighted by Crippen LogP contribution is 2.20. The van der Waals surface area contributed by atoms with E-state index in [-0.39, 0.29) is 30.6 Å². The molecule has 142 valence electrons. The molecule has 0 bridgehead atoms. The fourth-order valence-corrected chi connectivity index (χ4v) is 3.50. The van der Waals surface area contributed by atoms with Gasteiger partial charge in [0, 0.05) is 12.8 Å². The van der Waals surface area contributed by atoms with Crippen molar-refractivity contribution in [2.45, 2.75) is 45.1 Å². The van der Waals surface area contributed by atoms with Crippen molar-refractivity contribution in [3.8, 4) is 0 Å². The number of benzene rings is 1. The molecule has 8 nitrogen and oxygen atoms in total. The van der Waals surface area contributed by atoms with Gasteiger partial charge in [0.25, 0.3) is 5.91 Å². The Morgan fingerprint density at radius 2 is 2.07 bits per heavy atom. The third-order valence-corrected chi connectivity index (χ3v) is 5.07. The van der Waals surface area contributed by atoms with E-state index < -0.39 is 6.04 Å². The number of anilines is 2. The van der Waals surface area contributed by atoms with Crippen LogP contribution in [-0.2, 0) is 16.0 Å². The molecule has 1 aliphatic heterocycles. The van der Waals surface area contributed by atoms with Crippen molar-refractivity contribution in [3.05, 3.63) is 34.8 Å². The summed E-state index contributed by atoms with van der Waals surface area (Å²) < 4.78 is 0. The summed E-state index contributed by atoms with van der Waals surface area (Å²) in [5, 5.41) is 17.4. The molecule has 3 rings (SSSR count). The molecule has 1 aromatic heterocycles. The molecule has 27 heavy (non-hydrogen) atoms. The first-order chi connectivity index (χ1) is 13.1. The Hall–Kier alpha value is -2.81. The van der Waals surface area contributed by atoms with Gasteiger partial charge in [-0.2, -0.15) is 0 Å². The number of para-hydroxylation sites is 1. The Kier molecular flexibility index (Phi) is 6.12. The van der Waals surface area contributed by atoms with Crippen molar-refractivity contribution in [2.75, 3.05) is 10.6 Å². The third-order valence-electron chi connectivity index (χ3n) is 4.17. The lowest BCUT2D eigenvalue weighted by molar-refractivity contribution is -0.118. The first kappa shape index (κ1) is 19.0. The van der Waals surface area contributed by atoms with E-state index >= 15 is 0 Å². The van der Waals surface area contributed by atoms with Crippen LogP contribution in [0.4, 0.5) is 10.8 Å². The van der Waals surface area contributed by atoms with Crippen LogP contribution in [0.5, 0.6) is 0 Å². The highest BCUT2D eigenvalue weighted by molar-refractivity contribution is 7.15. The second-order valence-corrected chi connectivity index (χ2v) is 7.31. The molecule has 3 N–H and O–H groups in total. The second kappa shape index (κ2) is 8.72. The van der Waals surface area contributed by atoms with Crippen LogP contribution in [0, 0.1) is 0 Å². The number of nitrogens with one attached hydrogen (secondary N) is 3. The monoisotopic (exact) mass is 387 g/mol. The summed E-state index contributed by atoms with van der Waals surface area (Å²) in [6, 6.07) is 6.02. The van der Waals surface area contributed by atoms with Crippen molar-refractivity contribution in [3.63, 3.8) is 0 Å². The molecule has 0 aliphatic carbocycles. The van der Waals surface area contributed by atoms with Crippen LogP contribution in [-0.4, -0.2) is 34.0 Å². The molecule has 9 heteroatoms. The van der Waals surface area contributed by atoms with Crippen LogP contribution in [0.3, 0.4) is 0 Å². The van der Waals surface area contributed by atoms with Crippen LogP contribution in [0.25, 0.3) is 0 Å². The lowest BCUT2D eigenvalue weighted by Crippen LogP contribution is -2.41. The summed E-state index contributed by atoms with van der Waals surface area (Å²) in [6.45, 7) is 2.10. The maximum atomic E-state index is 12.3. The number of unbranched alkanes of at least 4 members (excludes halogenated alkanes) is 1. The molecular formula is C18H21N5O3S. The fourth-order valence-electron chi connectivity index (χ4n) is 2.71. The van der Waals surface area contributed by atoms with Crippen LogP contribution >= 0.6 is 11.3 Å². The Labute approximate surface area is 160 Å². The van der Waals surface area contributed by atoms with Crippen molar-refractivity contribution >= 4 is 39.9 Å². The first-order valence-corrected chi connectivity index (χ1v) is 9.71. The minimum atomic E-state index is -0.773. The van der Waals surface area contributed by atoms with Crippen LogP contribution in [0.15, 0.2) is 24.3 Å². The van der Waals surface area contributed by atoms with Gasteiger partial charge in [-0.15, -0.1) is 10.2 Å². The number of fused-ring (bicyclic) bond motifs is 1. The van der Waals surface area contributed by atoms with Crippen molar-refractivity contribution in [1.82, 2.24) is 15.5 Å². The van der Waals surface area contributed by atoms with Gasteiger partial charge in [0.15, 0.2) is 0 Å². The number of aryl methyl sites for hydroxylation is 1. The van der Waals surface area contributed by atoms with Gasteiger partial charge < -0.3 is 16.0 Å². The number of rotatable bonds is 7. The number of aromatic nitrogens is 2. The molecule has 3 amide bonds. The minimum absolute atomic E-state index is 0.0819. The SMILES string of the molecule is CCCCc1nnc(NC(=O)CC[C@@H]2NC(=O)c3ccccc3NC2=O)s1. The third kappa shape index (κ3) is 4.88. The first-order valence-electron chi connectivity index (χ1n) is 8.89. The van der Waals surface area contributed by atoms with Crippen molar-refractivity contribution < 1.29 is 14.4 Å².